The van der Waals surface area contributed by atoms with E-state index in [9.17, 15) is 23.2 Å². The quantitative estimate of drug-likeness (QED) is 0.203. The summed E-state index contributed by atoms with van der Waals surface area (Å²) in [5.41, 5.74) is 12.6. The van der Waals surface area contributed by atoms with Gasteiger partial charge in [0, 0.05) is 24.5 Å². The fraction of sp³-hybridized carbons (Fsp3) is 0.318. The molecule has 178 valence electrons. The molecule has 4 rings (SSSR count). The number of halogens is 3. The van der Waals surface area contributed by atoms with Crippen molar-refractivity contribution in [1.82, 2.24) is 9.88 Å². The zero-order valence-corrected chi connectivity index (χ0v) is 18.9. The second kappa shape index (κ2) is 8.64. The number of rotatable bonds is 7. The SMILES string of the molecule is Cc1c(C(=O)C(=O)NC2(/C(=C/N)N=N)CC2)c2n(c1C(=O)Nc1cc(Cl)c(F)cc1F)CCC2. The van der Waals surface area contributed by atoms with Gasteiger partial charge in [0.05, 0.1) is 21.8 Å². The minimum absolute atomic E-state index is 0.105. The molecule has 2 heterocycles. The van der Waals surface area contributed by atoms with E-state index in [0.717, 1.165) is 12.3 Å². The van der Waals surface area contributed by atoms with Gasteiger partial charge in [-0.05, 0) is 44.2 Å². The van der Waals surface area contributed by atoms with Gasteiger partial charge < -0.3 is 20.9 Å². The van der Waals surface area contributed by atoms with E-state index in [1.54, 1.807) is 4.57 Å². The number of nitrogens with one attached hydrogen (secondary N) is 3. The third-order valence-corrected chi connectivity index (χ3v) is 6.48. The van der Waals surface area contributed by atoms with Crippen LogP contribution in [0.5, 0.6) is 0 Å². The van der Waals surface area contributed by atoms with Crippen LogP contribution in [-0.2, 0) is 17.8 Å². The fourth-order valence-electron chi connectivity index (χ4n) is 4.37. The Morgan fingerprint density at radius 2 is 1.97 bits per heavy atom. The van der Waals surface area contributed by atoms with Crippen molar-refractivity contribution in [1.29, 1.82) is 5.53 Å². The molecule has 2 aliphatic rings. The van der Waals surface area contributed by atoms with Gasteiger partial charge in [0.25, 0.3) is 17.6 Å². The number of nitrogens with two attached hydrogens (primary N) is 1. The van der Waals surface area contributed by atoms with E-state index in [2.05, 4.69) is 15.7 Å². The number of carbonyl (C=O) groups is 3. The van der Waals surface area contributed by atoms with Crippen LogP contribution in [-0.4, -0.2) is 27.7 Å². The highest BCUT2D eigenvalue weighted by Gasteiger charge is 2.49. The summed E-state index contributed by atoms with van der Waals surface area (Å²) in [5, 5.41) is 7.96. The number of fused-ring (bicyclic) bond motifs is 1. The van der Waals surface area contributed by atoms with Crippen molar-refractivity contribution in [2.45, 2.75) is 44.7 Å². The number of ketones is 1. The van der Waals surface area contributed by atoms with E-state index < -0.39 is 34.8 Å². The van der Waals surface area contributed by atoms with Crippen LogP contribution in [0.1, 0.15) is 51.4 Å². The van der Waals surface area contributed by atoms with Crippen LogP contribution in [0, 0.1) is 24.1 Å². The largest absolute Gasteiger partial charge is 0.403 e. The van der Waals surface area contributed by atoms with Crippen molar-refractivity contribution < 1.29 is 23.2 Å². The summed E-state index contributed by atoms with van der Waals surface area (Å²) in [6, 6.07) is 1.52. The predicted molar refractivity (Wildman–Crippen MR) is 119 cm³/mol. The number of benzene rings is 1. The second-order valence-corrected chi connectivity index (χ2v) is 8.69. The molecular formula is C22H21ClF2N6O3. The monoisotopic (exact) mass is 490 g/mol. The average Bonchev–Trinajstić information content (AvgIpc) is 3.30. The summed E-state index contributed by atoms with van der Waals surface area (Å²) < 4.78 is 29.2. The Labute approximate surface area is 197 Å². The van der Waals surface area contributed by atoms with Crippen molar-refractivity contribution in [3.8, 4) is 0 Å². The van der Waals surface area contributed by atoms with Crippen molar-refractivity contribution in [2.75, 3.05) is 5.32 Å². The molecule has 1 aromatic heterocycles. The van der Waals surface area contributed by atoms with E-state index in [0.29, 0.717) is 44.0 Å². The van der Waals surface area contributed by atoms with Gasteiger partial charge >= 0.3 is 0 Å². The van der Waals surface area contributed by atoms with Gasteiger partial charge in [0.2, 0.25) is 0 Å². The highest BCUT2D eigenvalue weighted by molar-refractivity contribution is 6.44. The molecule has 0 bridgehead atoms. The molecule has 1 saturated carbocycles. The molecular weight excluding hydrogens is 470 g/mol. The van der Waals surface area contributed by atoms with Crippen LogP contribution in [0.15, 0.2) is 29.1 Å². The van der Waals surface area contributed by atoms with Gasteiger partial charge in [0.1, 0.15) is 23.0 Å². The molecule has 2 aromatic rings. The van der Waals surface area contributed by atoms with Gasteiger partial charge in [-0.1, -0.05) is 11.6 Å². The molecule has 1 aliphatic heterocycles. The lowest BCUT2D eigenvalue weighted by Crippen LogP contribution is -2.42. The normalized spacial score (nSPS) is 16.1. The molecule has 0 saturated heterocycles. The molecule has 2 amide bonds. The number of aromatic nitrogens is 1. The molecule has 5 N–H and O–H groups in total. The van der Waals surface area contributed by atoms with Crippen molar-refractivity contribution >= 4 is 34.9 Å². The molecule has 1 aromatic carbocycles. The molecule has 9 nitrogen and oxygen atoms in total. The third-order valence-electron chi connectivity index (χ3n) is 6.19. The highest BCUT2D eigenvalue weighted by atomic mass is 35.5. The minimum Gasteiger partial charge on any atom is -0.403 e. The Morgan fingerprint density at radius 1 is 1.26 bits per heavy atom. The summed E-state index contributed by atoms with van der Waals surface area (Å²) in [4.78, 5) is 39.0. The third kappa shape index (κ3) is 3.85. The summed E-state index contributed by atoms with van der Waals surface area (Å²) in [6.07, 6.45) is 3.22. The maximum atomic E-state index is 14.1. The first-order valence-corrected chi connectivity index (χ1v) is 10.9. The maximum absolute atomic E-state index is 14.1. The molecule has 0 spiro atoms. The van der Waals surface area contributed by atoms with Crippen LogP contribution < -0.4 is 16.4 Å². The number of hydrogen-bond donors (Lipinski definition) is 4. The first kappa shape index (κ1) is 23.6. The van der Waals surface area contributed by atoms with E-state index in [1.165, 1.54) is 6.92 Å². The Hall–Kier alpha value is -3.60. The summed E-state index contributed by atoms with van der Waals surface area (Å²) in [5.74, 6) is -4.41. The van der Waals surface area contributed by atoms with Crippen LogP contribution in [0.2, 0.25) is 5.02 Å². The fourth-order valence-corrected chi connectivity index (χ4v) is 4.54. The summed E-state index contributed by atoms with van der Waals surface area (Å²) in [7, 11) is 0. The second-order valence-electron chi connectivity index (χ2n) is 8.28. The van der Waals surface area contributed by atoms with E-state index in [4.69, 9.17) is 22.9 Å². The number of nitrogens with zero attached hydrogens (tertiary/aromatic N) is 2. The first-order valence-electron chi connectivity index (χ1n) is 10.5. The van der Waals surface area contributed by atoms with Crippen molar-refractivity contribution in [3.05, 3.63) is 63.2 Å². The maximum Gasteiger partial charge on any atom is 0.293 e. The van der Waals surface area contributed by atoms with Gasteiger partial charge in [0.15, 0.2) is 0 Å². The van der Waals surface area contributed by atoms with E-state index in [-0.39, 0.29) is 33.2 Å². The number of carbonyl (C=O) groups excluding carboxylic acids is 3. The predicted octanol–water partition coefficient (Wildman–Crippen LogP) is 3.59. The van der Waals surface area contributed by atoms with Gasteiger partial charge in [-0.3, -0.25) is 14.4 Å². The van der Waals surface area contributed by atoms with Crippen LogP contribution in [0.25, 0.3) is 0 Å². The summed E-state index contributed by atoms with van der Waals surface area (Å²) >= 11 is 5.70. The van der Waals surface area contributed by atoms with Gasteiger partial charge in [-0.2, -0.15) is 5.11 Å². The Balaban J connectivity index is 1.64. The first-order chi connectivity index (χ1) is 16.1. The standard InChI is InChI=1S/C22H21ClF2N6O3/c1-10-17(19(32)21(34)29-22(4-5-22)16(9-26)30-27)15-3-2-6-31(15)18(10)20(33)28-14-7-11(23)12(24)8-13(14)25/h7-9,27H,2-6,26H2,1H3,(H,28,33)(H,29,34)/b16-9-,30-27?. The van der Waals surface area contributed by atoms with Crippen LogP contribution in [0.4, 0.5) is 14.5 Å². The molecule has 34 heavy (non-hydrogen) atoms. The lowest BCUT2D eigenvalue weighted by molar-refractivity contribution is -0.117. The van der Waals surface area contributed by atoms with Crippen LogP contribution >= 0.6 is 11.6 Å². The molecule has 0 unspecified atom stereocenters. The number of Topliss-reactive ketones (excluding diaryl/α,β-unsaturated/α-hetero) is 1. The average molecular weight is 491 g/mol. The molecule has 1 fully saturated rings. The number of anilines is 1. The lowest BCUT2D eigenvalue weighted by atomic mass is 10.0. The molecule has 1 aliphatic carbocycles. The molecule has 12 heteroatoms. The Morgan fingerprint density at radius 3 is 2.59 bits per heavy atom. The van der Waals surface area contributed by atoms with Crippen molar-refractivity contribution in [3.63, 3.8) is 0 Å². The van der Waals surface area contributed by atoms with E-state index >= 15 is 0 Å². The Bertz CT molecular complexity index is 1280. The topological polar surface area (TPSA) is 142 Å². The zero-order chi connectivity index (χ0) is 24.8. The highest BCUT2D eigenvalue weighted by Crippen LogP contribution is 2.42. The smallest absolute Gasteiger partial charge is 0.293 e. The number of hydrogen-bond acceptors (Lipinski definition) is 6. The van der Waals surface area contributed by atoms with Gasteiger partial charge in [-0.15, -0.1) is 0 Å². The number of amides is 2. The Kier molecular flexibility index (Phi) is 5.98. The summed E-state index contributed by atoms with van der Waals surface area (Å²) in [6.45, 7) is 1.97. The van der Waals surface area contributed by atoms with Crippen molar-refractivity contribution in [2.24, 2.45) is 10.8 Å². The van der Waals surface area contributed by atoms with Crippen LogP contribution in [0.3, 0.4) is 0 Å². The minimum atomic E-state index is -1.00. The molecule has 0 radical (unpaired) electrons. The zero-order valence-electron chi connectivity index (χ0n) is 18.1. The van der Waals surface area contributed by atoms with Gasteiger partial charge in [-0.25, -0.2) is 14.3 Å². The lowest BCUT2D eigenvalue weighted by Gasteiger charge is -2.16. The van der Waals surface area contributed by atoms with E-state index in [1.807, 2.05) is 0 Å². The molecule has 0 atom stereocenters.